The van der Waals surface area contributed by atoms with Crippen LogP contribution in [0.4, 0.5) is 38.1 Å². The summed E-state index contributed by atoms with van der Waals surface area (Å²) < 4.78 is 86.2. The molecule has 0 radical (unpaired) electrons. The number of H-pyrrole nitrogens is 1. The minimum absolute atomic E-state index is 0.0764. The zero-order valence-electron chi connectivity index (χ0n) is 22.8. The smallest absolute Gasteiger partial charge is 0.421 e. The van der Waals surface area contributed by atoms with Crippen LogP contribution in [0.3, 0.4) is 0 Å². The lowest BCUT2D eigenvalue weighted by molar-refractivity contribution is -0.139. The van der Waals surface area contributed by atoms with Crippen molar-refractivity contribution in [3.05, 3.63) is 52.3 Å². The Morgan fingerprint density at radius 1 is 1.05 bits per heavy atom. The van der Waals surface area contributed by atoms with Gasteiger partial charge in [0, 0.05) is 70.6 Å². The van der Waals surface area contributed by atoms with Crippen LogP contribution in [0, 0.1) is 0 Å². The van der Waals surface area contributed by atoms with Gasteiger partial charge in [0.25, 0.3) is 5.56 Å². The second-order valence-corrected chi connectivity index (χ2v) is 10.3. The van der Waals surface area contributed by atoms with Gasteiger partial charge < -0.3 is 19.4 Å². The molecule has 18 heteroatoms. The molecule has 5 rings (SSSR count). The molecular weight excluding hydrogens is 588 g/mol. The van der Waals surface area contributed by atoms with Crippen molar-refractivity contribution in [2.75, 3.05) is 42.5 Å². The van der Waals surface area contributed by atoms with Crippen LogP contribution in [-0.2, 0) is 24.2 Å². The monoisotopic (exact) mass is 615 g/mol. The maximum Gasteiger partial charge on any atom is 0.421 e. The molecule has 2 saturated heterocycles. The van der Waals surface area contributed by atoms with Gasteiger partial charge >= 0.3 is 12.4 Å². The maximum absolute atomic E-state index is 13.4. The molecule has 0 aliphatic carbocycles. The van der Waals surface area contributed by atoms with E-state index < -0.39 is 41.2 Å². The number of aryl methyl sites for hydroxylation is 1. The van der Waals surface area contributed by atoms with Gasteiger partial charge in [-0.1, -0.05) is 0 Å². The molecule has 5 heterocycles. The normalized spacial score (nSPS) is 19.7. The van der Waals surface area contributed by atoms with Crippen LogP contribution < -0.4 is 20.1 Å². The highest BCUT2D eigenvalue weighted by molar-refractivity contribution is 5.76. The molecule has 0 aromatic carbocycles. The van der Waals surface area contributed by atoms with E-state index in [0.717, 1.165) is 0 Å². The molecule has 1 amide bonds. The van der Waals surface area contributed by atoms with E-state index in [2.05, 4.69) is 20.2 Å². The van der Waals surface area contributed by atoms with Crippen molar-refractivity contribution in [2.45, 2.75) is 43.8 Å². The SMILES string of the molecule is Cn1cc(O[C@@H]2C[C@@H](CCC(=O)N3CCN(c4ncc(C(F)(F)F)cn4)CC3)N(c3cc(C(F)(F)F)c(=O)[nH]n3)C2)cn1. The molecule has 0 bridgehead atoms. The van der Waals surface area contributed by atoms with Gasteiger partial charge in [0.15, 0.2) is 5.75 Å². The molecular formula is C25H27F6N9O3. The summed E-state index contributed by atoms with van der Waals surface area (Å²) in [5.74, 6) is 0.333. The summed E-state index contributed by atoms with van der Waals surface area (Å²) in [5, 5.41) is 9.81. The third kappa shape index (κ3) is 6.99. The Balaban J connectivity index is 1.23. The van der Waals surface area contributed by atoms with Gasteiger partial charge in [-0.3, -0.25) is 14.3 Å². The number of aromatic nitrogens is 6. The van der Waals surface area contributed by atoms with E-state index in [9.17, 15) is 35.9 Å². The second kappa shape index (κ2) is 11.7. The molecule has 1 N–H and O–H groups in total. The number of halogens is 6. The van der Waals surface area contributed by atoms with Gasteiger partial charge in [0.1, 0.15) is 17.5 Å². The van der Waals surface area contributed by atoms with Gasteiger partial charge in [-0.15, -0.1) is 0 Å². The van der Waals surface area contributed by atoms with Crippen LogP contribution in [-0.4, -0.2) is 85.6 Å². The fraction of sp³-hybridized carbons (Fsp3) is 0.520. The van der Waals surface area contributed by atoms with E-state index in [0.29, 0.717) is 56.8 Å². The molecule has 12 nitrogen and oxygen atoms in total. The highest BCUT2D eigenvalue weighted by atomic mass is 19.4. The lowest BCUT2D eigenvalue weighted by Gasteiger charge is -2.35. The highest BCUT2D eigenvalue weighted by Gasteiger charge is 2.39. The Kier molecular flexibility index (Phi) is 8.20. The van der Waals surface area contributed by atoms with Gasteiger partial charge in [0.05, 0.1) is 24.5 Å². The standard InChI is InChI=1S/C25H27F6N9O3/c1-37-13-18(12-34-37)43-17-8-16(40(14-17)20-9-19(25(29,30)31)22(42)36-35-20)2-3-21(41)38-4-6-39(7-5-38)23-32-10-15(11-33-23)24(26,27)28/h9-13,16-17H,2-8,14H2,1H3,(H,36,42)/t16-,17-/m1/s1. The number of nitrogens with one attached hydrogen (secondary N) is 1. The summed E-state index contributed by atoms with van der Waals surface area (Å²) in [4.78, 5) is 37.4. The first kappa shape index (κ1) is 30.1. The molecule has 0 unspecified atom stereocenters. The molecule has 232 valence electrons. The van der Waals surface area contributed by atoms with Crippen LogP contribution in [0.15, 0.2) is 35.6 Å². The average Bonchev–Trinajstić information content (AvgIpc) is 3.56. The molecule has 2 atom stereocenters. The lowest BCUT2D eigenvalue weighted by Crippen LogP contribution is -2.49. The number of ether oxygens (including phenoxy) is 1. The van der Waals surface area contributed by atoms with Crippen LogP contribution in [0.25, 0.3) is 0 Å². The van der Waals surface area contributed by atoms with Crippen LogP contribution in [0.5, 0.6) is 5.75 Å². The van der Waals surface area contributed by atoms with Crippen molar-refractivity contribution < 1.29 is 35.9 Å². The summed E-state index contributed by atoms with van der Waals surface area (Å²) in [6.07, 6.45) is -4.55. The summed E-state index contributed by atoms with van der Waals surface area (Å²) in [5.41, 5.74) is -3.68. The summed E-state index contributed by atoms with van der Waals surface area (Å²) in [7, 11) is 1.71. The third-order valence-electron chi connectivity index (χ3n) is 7.32. The summed E-state index contributed by atoms with van der Waals surface area (Å²) in [6, 6.07) is 0.273. The Morgan fingerprint density at radius 3 is 2.35 bits per heavy atom. The van der Waals surface area contributed by atoms with E-state index in [4.69, 9.17) is 4.74 Å². The molecule has 2 fully saturated rings. The number of hydrogen-bond acceptors (Lipinski definition) is 9. The van der Waals surface area contributed by atoms with E-state index in [1.165, 1.54) is 6.20 Å². The Hall–Kier alpha value is -4.38. The van der Waals surface area contributed by atoms with Crippen LogP contribution >= 0.6 is 0 Å². The van der Waals surface area contributed by atoms with E-state index in [-0.39, 0.29) is 37.1 Å². The second-order valence-electron chi connectivity index (χ2n) is 10.3. The number of rotatable bonds is 7. The number of hydrogen-bond donors (Lipinski definition) is 1. The fourth-order valence-corrected chi connectivity index (χ4v) is 5.15. The van der Waals surface area contributed by atoms with Crippen molar-refractivity contribution in [2.24, 2.45) is 7.05 Å². The Morgan fingerprint density at radius 2 is 1.74 bits per heavy atom. The molecule has 0 saturated carbocycles. The molecule has 3 aromatic rings. The van der Waals surface area contributed by atoms with E-state index in [1.807, 2.05) is 5.10 Å². The first-order valence-corrected chi connectivity index (χ1v) is 13.3. The fourth-order valence-electron chi connectivity index (χ4n) is 5.15. The number of alkyl halides is 6. The third-order valence-corrected chi connectivity index (χ3v) is 7.32. The quantitative estimate of drug-likeness (QED) is 0.399. The maximum atomic E-state index is 13.4. The predicted octanol–water partition coefficient (Wildman–Crippen LogP) is 2.49. The topological polar surface area (TPSA) is 125 Å². The number of piperazine rings is 1. The number of aromatic amines is 1. The molecule has 3 aromatic heterocycles. The van der Waals surface area contributed by atoms with Crippen molar-refractivity contribution in [1.29, 1.82) is 0 Å². The molecule has 0 spiro atoms. The molecule has 2 aliphatic rings. The number of anilines is 2. The minimum atomic E-state index is -4.88. The van der Waals surface area contributed by atoms with Crippen LogP contribution in [0.1, 0.15) is 30.4 Å². The van der Waals surface area contributed by atoms with E-state index >= 15 is 0 Å². The van der Waals surface area contributed by atoms with Crippen LogP contribution in [0.2, 0.25) is 0 Å². The van der Waals surface area contributed by atoms with Gasteiger partial charge in [-0.05, 0) is 6.42 Å². The number of nitrogens with zero attached hydrogens (tertiary/aromatic N) is 8. The summed E-state index contributed by atoms with van der Waals surface area (Å²) in [6.45, 7) is 1.38. The number of carbonyl (C=O) groups excluding carboxylic acids is 1. The Labute approximate surface area is 240 Å². The number of carbonyl (C=O) groups is 1. The first-order chi connectivity index (χ1) is 20.3. The zero-order valence-corrected chi connectivity index (χ0v) is 22.8. The van der Waals surface area contributed by atoms with Crippen molar-refractivity contribution in [1.82, 2.24) is 34.8 Å². The number of amides is 1. The largest absolute Gasteiger partial charge is 0.485 e. The Bertz CT molecular complexity index is 1480. The summed E-state index contributed by atoms with van der Waals surface area (Å²) >= 11 is 0. The minimum Gasteiger partial charge on any atom is -0.485 e. The zero-order chi connectivity index (χ0) is 30.9. The molecule has 43 heavy (non-hydrogen) atoms. The highest BCUT2D eigenvalue weighted by Crippen LogP contribution is 2.33. The average molecular weight is 616 g/mol. The van der Waals surface area contributed by atoms with E-state index in [1.54, 1.807) is 32.6 Å². The van der Waals surface area contributed by atoms with Gasteiger partial charge in [-0.2, -0.15) is 36.5 Å². The first-order valence-electron chi connectivity index (χ1n) is 13.3. The predicted molar refractivity (Wildman–Crippen MR) is 138 cm³/mol. The van der Waals surface area contributed by atoms with Gasteiger partial charge in [0.2, 0.25) is 11.9 Å². The van der Waals surface area contributed by atoms with Crippen molar-refractivity contribution in [3.63, 3.8) is 0 Å². The van der Waals surface area contributed by atoms with Gasteiger partial charge in [-0.25, -0.2) is 15.1 Å². The molecule has 2 aliphatic heterocycles. The van der Waals surface area contributed by atoms with Crippen molar-refractivity contribution >= 4 is 17.7 Å². The lowest BCUT2D eigenvalue weighted by atomic mass is 10.1. The van der Waals surface area contributed by atoms with Crippen molar-refractivity contribution in [3.8, 4) is 5.75 Å².